The van der Waals surface area contributed by atoms with Crippen molar-refractivity contribution in [2.45, 2.75) is 41.5 Å². The van der Waals surface area contributed by atoms with Gasteiger partial charge in [-0.3, -0.25) is 12.2 Å². The summed E-state index contributed by atoms with van der Waals surface area (Å²) in [6.45, 7) is 11.9. The molecule has 0 fully saturated rings. The van der Waals surface area contributed by atoms with Crippen LogP contribution < -0.4 is 0 Å². The first kappa shape index (κ1) is 20.0. The van der Waals surface area contributed by atoms with E-state index in [1.165, 1.54) is 11.1 Å². The van der Waals surface area contributed by atoms with Crippen molar-refractivity contribution in [1.29, 1.82) is 0 Å². The minimum absolute atomic E-state index is 0. The van der Waals surface area contributed by atoms with E-state index < -0.39 is 0 Å². The summed E-state index contributed by atoms with van der Waals surface area (Å²) in [4.78, 5) is 0. The van der Waals surface area contributed by atoms with Gasteiger partial charge in [-0.25, -0.2) is 23.3 Å². The molecule has 0 rings (SSSR count). The van der Waals surface area contributed by atoms with Crippen molar-refractivity contribution in [3.63, 3.8) is 0 Å². The van der Waals surface area contributed by atoms with Gasteiger partial charge in [-0.15, -0.1) is 13.8 Å². The second kappa shape index (κ2) is 16.0. The monoisotopic (exact) mass is 241 g/mol. The van der Waals surface area contributed by atoms with Crippen LogP contribution in [0.4, 0.5) is 0 Å². The van der Waals surface area contributed by atoms with E-state index in [1.807, 2.05) is 65.8 Å². The maximum atomic E-state index is 3.00. The number of rotatable bonds is 2. The quantitative estimate of drug-likeness (QED) is 0.487. The Balaban J connectivity index is -0.000000180. The van der Waals surface area contributed by atoms with Crippen LogP contribution in [0, 0.1) is 12.2 Å². The standard InChI is InChI=1S/2C7H11.V/c2*1-4-6-7(3)5-2;/h2*4,6H,1-3H3;/q2*-1;+2. The summed E-state index contributed by atoms with van der Waals surface area (Å²) in [6, 6.07) is 0. The molecule has 0 atom stereocenters. The largest absolute Gasteiger partial charge is 2.00 e. The van der Waals surface area contributed by atoms with Gasteiger partial charge >= 0.3 is 18.6 Å². The smallest absolute Gasteiger partial charge is 0.275 e. The molecule has 0 aliphatic rings. The Hall–Kier alpha value is -0.456. The van der Waals surface area contributed by atoms with E-state index in [1.54, 1.807) is 0 Å². The van der Waals surface area contributed by atoms with Gasteiger partial charge < -0.3 is 0 Å². The first-order valence-electron chi connectivity index (χ1n) is 4.90. The normalized spacial score (nSPS) is 12.4. The minimum Gasteiger partial charge on any atom is -0.275 e. The van der Waals surface area contributed by atoms with Crippen LogP contribution in [0.15, 0.2) is 35.5 Å². The van der Waals surface area contributed by atoms with Gasteiger partial charge in [0.25, 0.3) is 0 Å². The van der Waals surface area contributed by atoms with Crippen LogP contribution in [0.5, 0.6) is 0 Å². The van der Waals surface area contributed by atoms with E-state index in [-0.39, 0.29) is 18.6 Å². The molecule has 0 N–H and O–H groups in total. The third-order valence-electron chi connectivity index (χ3n) is 1.62. The molecule has 0 saturated carbocycles. The van der Waals surface area contributed by atoms with Crippen LogP contribution in [0.2, 0.25) is 0 Å². The van der Waals surface area contributed by atoms with Gasteiger partial charge in [0.15, 0.2) is 0 Å². The van der Waals surface area contributed by atoms with Gasteiger partial charge in [-0.05, 0) is 0 Å². The second-order valence-electron chi connectivity index (χ2n) is 2.87. The van der Waals surface area contributed by atoms with E-state index in [9.17, 15) is 0 Å². The van der Waals surface area contributed by atoms with Crippen molar-refractivity contribution in [3.05, 3.63) is 47.6 Å². The number of hydrogen-bond acceptors (Lipinski definition) is 0. The van der Waals surface area contributed by atoms with Crippen molar-refractivity contribution in [1.82, 2.24) is 0 Å². The molecule has 0 amide bonds. The summed E-state index contributed by atoms with van der Waals surface area (Å²) >= 11 is 0. The molecule has 15 heavy (non-hydrogen) atoms. The fourth-order valence-electron chi connectivity index (χ4n) is 0.667. The molecule has 0 aromatic rings. The molecule has 83 valence electrons. The predicted octanol–water partition coefficient (Wildman–Crippen LogP) is 4.66. The molecule has 0 bridgehead atoms. The van der Waals surface area contributed by atoms with Crippen LogP contribution in [-0.4, -0.2) is 0 Å². The zero-order valence-electron chi connectivity index (χ0n) is 10.8. The van der Waals surface area contributed by atoms with Crippen molar-refractivity contribution >= 4 is 0 Å². The molecule has 0 unspecified atom stereocenters. The van der Waals surface area contributed by atoms with Gasteiger partial charge in [0, 0.05) is 0 Å². The maximum absolute atomic E-state index is 3.00. The molecule has 0 saturated heterocycles. The molecule has 0 spiro atoms. The van der Waals surface area contributed by atoms with E-state index in [4.69, 9.17) is 0 Å². The maximum Gasteiger partial charge on any atom is 2.00 e. The summed E-state index contributed by atoms with van der Waals surface area (Å²) in [5.41, 5.74) is 2.39. The van der Waals surface area contributed by atoms with Gasteiger partial charge in [-0.2, -0.15) is 12.2 Å². The average Bonchev–Trinajstić information content (AvgIpc) is 2.19. The molecular weight excluding hydrogens is 219 g/mol. The minimum atomic E-state index is 0. The van der Waals surface area contributed by atoms with E-state index in [2.05, 4.69) is 12.2 Å². The van der Waals surface area contributed by atoms with Crippen LogP contribution in [0.25, 0.3) is 0 Å². The first-order valence-corrected chi connectivity index (χ1v) is 4.90. The average molecular weight is 241 g/mol. The van der Waals surface area contributed by atoms with E-state index in [0.29, 0.717) is 0 Å². The van der Waals surface area contributed by atoms with Gasteiger partial charge in [0.05, 0.1) is 0 Å². The van der Waals surface area contributed by atoms with E-state index in [0.717, 1.165) is 0 Å². The summed E-state index contributed by atoms with van der Waals surface area (Å²) in [5.74, 6) is 0. The Morgan fingerprint density at radius 1 is 0.800 bits per heavy atom. The third kappa shape index (κ3) is 19.8. The predicted molar refractivity (Wildman–Crippen MR) is 65.8 cm³/mol. The first-order chi connectivity index (χ1) is 6.62. The zero-order valence-corrected chi connectivity index (χ0v) is 12.2. The van der Waals surface area contributed by atoms with Crippen LogP contribution in [0.1, 0.15) is 41.5 Å². The molecule has 1 radical (unpaired) electrons. The molecular formula is C14H22V. The third-order valence-corrected chi connectivity index (χ3v) is 1.62. The number of allylic oxidation sites excluding steroid dienone is 8. The SMILES string of the molecule is C[C-]=C(C)C=CC.C[C-]=C(C)C=CC.[V+2]. The second-order valence-corrected chi connectivity index (χ2v) is 2.87. The Kier molecular flexibility index (Phi) is 21.3. The summed E-state index contributed by atoms with van der Waals surface area (Å²) in [7, 11) is 0. The number of hydrogen-bond donors (Lipinski definition) is 0. The summed E-state index contributed by atoms with van der Waals surface area (Å²) in [5, 5.41) is 0. The van der Waals surface area contributed by atoms with E-state index >= 15 is 0 Å². The van der Waals surface area contributed by atoms with Crippen LogP contribution in [0.3, 0.4) is 0 Å². The Labute approximate surface area is 108 Å². The fraction of sp³-hybridized carbons (Fsp3) is 0.429. The Morgan fingerprint density at radius 3 is 1.13 bits per heavy atom. The molecule has 0 aliphatic heterocycles. The van der Waals surface area contributed by atoms with Crippen LogP contribution in [-0.2, 0) is 18.6 Å². The Bertz CT molecular complexity index is 204. The summed E-state index contributed by atoms with van der Waals surface area (Å²) < 4.78 is 0. The Morgan fingerprint density at radius 2 is 1.07 bits per heavy atom. The fourth-order valence-corrected chi connectivity index (χ4v) is 0.667. The van der Waals surface area contributed by atoms with Crippen molar-refractivity contribution < 1.29 is 18.6 Å². The summed E-state index contributed by atoms with van der Waals surface area (Å²) in [6.07, 6.45) is 14.1. The topological polar surface area (TPSA) is 0 Å². The molecule has 0 aliphatic carbocycles. The zero-order chi connectivity index (χ0) is 11.4. The molecule has 0 aromatic heterocycles. The molecule has 0 aromatic carbocycles. The molecule has 0 heterocycles. The van der Waals surface area contributed by atoms with Crippen molar-refractivity contribution in [3.8, 4) is 0 Å². The van der Waals surface area contributed by atoms with Gasteiger partial charge in [-0.1, -0.05) is 27.7 Å². The molecule has 0 nitrogen and oxygen atoms in total. The van der Waals surface area contributed by atoms with Gasteiger partial charge in [0.1, 0.15) is 0 Å². The van der Waals surface area contributed by atoms with Gasteiger partial charge in [0.2, 0.25) is 0 Å². The molecule has 1 heteroatoms. The van der Waals surface area contributed by atoms with Crippen molar-refractivity contribution in [2.75, 3.05) is 0 Å². The van der Waals surface area contributed by atoms with Crippen molar-refractivity contribution in [2.24, 2.45) is 0 Å². The van der Waals surface area contributed by atoms with Crippen LogP contribution >= 0.6 is 0 Å².